The first kappa shape index (κ1) is 25.3. The van der Waals surface area contributed by atoms with Gasteiger partial charge in [0.05, 0.1) is 5.56 Å². The molecule has 0 aromatic heterocycles. The highest BCUT2D eigenvalue weighted by atomic mass is 19.4. The van der Waals surface area contributed by atoms with E-state index in [-0.39, 0.29) is 18.7 Å². The van der Waals surface area contributed by atoms with Crippen molar-refractivity contribution in [1.82, 2.24) is 5.06 Å². The molecule has 0 aliphatic carbocycles. The minimum absolute atomic E-state index is 0.0309. The lowest BCUT2D eigenvalue weighted by atomic mass is 9.94. The average molecular weight is 506 g/mol. The molecule has 0 saturated carbocycles. The number of halogens is 6. The van der Waals surface area contributed by atoms with E-state index in [9.17, 15) is 31.1 Å². The van der Waals surface area contributed by atoms with E-state index in [4.69, 9.17) is 4.84 Å². The molecule has 0 radical (unpaired) electrons. The molecule has 0 fully saturated rings. The van der Waals surface area contributed by atoms with Crippen molar-refractivity contribution < 1.29 is 36.0 Å². The molecule has 10 heteroatoms. The number of alkyl halides is 6. The number of carbonyl (C=O) groups excluding carboxylic acids is 1. The van der Waals surface area contributed by atoms with Crippen molar-refractivity contribution in [2.75, 3.05) is 0 Å². The number of rotatable bonds is 6. The van der Waals surface area contributed by atoms with Crippen LogP contribution in [0.2, 0.25) is 0 Å². The zero-order valence-corrected chi connectivity index (χ0v) is 18.6. The molecule has 4 rings (SSSR count). The van der Waals surface area contributed by atoms with Gasteiger partial charge in [-0.05, 0) is 35.2 Å². The number of benzene rings is 3. The van der Waals surface area contributed by atoms with Gasteiger partial charge in [-0.25, -0.2) is 4.79 Å². The van der Waals surface area contributed by atoms with Gasteiger partial charge in [-0.1, -0.05) is 72.8 Å². The zero-order chi connectivity index (χ0) is 25.9. The summed E-state index contributed by atoms with van der Waals surface area (Å²) in [5.41, 5.74) is 0.990. The van der Waals surface area contributed by atoms with E-state index in [1.165, 1.54) is 12.1 Å². The van der Waals surface area contributed by atoms with E-state index >= 15 is 0 Å². The van der Waals surface area contributed by atoms with Crippen LogP contribution in [0.1, 0.15) is 40.8 Å². The van der Waals surface area contributed by atoms with Crippen molar-refractivity contribution in [3.05, 3.63) is 107 Å². The maximum Gasteiger partial charge on any atom is 0.493 e. The molecule has 3 aromatic carbocycles. The van der Waals surface area contributed by atoms with Gasteiger partial charge in [0.2, 0.25) is 0 Å². The quantitative estimate of drug-likeness (QED) is 0.343. The largest absolute Gasteiger partial charge is 0.493 e. The van der Waals surface area contributed by atoms with Crippen LogP contribution in [-0.4, -0.2) is 23.0 Å². The van der Waals surface area contributed by atoms with Crippen molar-refractivity contribution in [2.24, 2.45) is 4.99 Å². The second-order valence-electron chi connectivity index (χ2n) is 8.15. The minimum atomic E-state index is -5.23. The van der Waals surface area contributed by atoms with Gasteiger partial charge in [-0.2, -0.15) is 31.4 Å². The van der Waals surface area contributed by atoms with Crippen LogP contribution < -0.4 is 0 Å². The number of hydrogen-bond acceptors (Lipinski definition) is 4. The Morgan fingerprint density at radius 1 is 0.778 bits per heavy atom. The molecule has 2 atom stereocenters. The number of amidine groups is 1. The summed E-state index contributed by atoms with van der Waals surface area (Å²) in [6.07, 6.45) is -9.52. The number of hydroxylamine groups is 2. The predicted molar refractivity (Wildman–Crippen MR) is 120 cm³/mol. The zero-order valence-electron chi connectivity index (χ0n) is 18.6. The second-order valence-corrected chi connectivity index (χ2v) is 8.15. The third-order valence-corrected chi connectivity index (χ3v) is 5.71. The fraction of sp³-hybridized carbons (Fsp3) is 0.231. The van der Waals surface area contributed by atoms with Crippen molar-refractivity contribution in [1.29, 1.82) is 0 Å². The first-order valence-electron chi connectivity index (χ1n) is 10.9. The van der Waals surface area contributed by atoms with Gasteiger partial charge in [-0.3, -0.25) is 4.99 Å². The fourth-order valence-corrected chi connectivity index (χ4v) is 3.99. The molecule has 2 unspecified atom stereocenters. The van der Waals surface area contributed by atoms with Gasteiger partial charge in [0, 0.05) is 6.42 Å². The normalized spacial score (nSPS) is 18.2. The van der Waals surface area contributed by atoms with Crippen LogP contribution in [0.5, 0.6) is 0 Å². The summed E-state index contributed by atoms with van der Waals surface area (Å²) < 4.78 is 78.0. The number of carbonyl (C=O) groups is 1. The molecule has 4 nitrogen and oxygen atoms in total. The summed E-state index contributed by atoms with van der Waals surface area (Å²) in [6, 6.07) is 20.3. The van der Waals surface area contributed by atoms with Crippen LogP contribution in [0.4, 0.5) is 26.3 Å². The Labute approximate surface area is 202 Å². The molecular weight excluding hydrogens is 486 g/mol. The van der Waals surface area contributed by atoms with Crippen molar-refractivity contribution in [3.63, 3.8) is 0 Å². The van der Waals surface area contributed by atoms with Gasteiger partial charge >= 0.3 is 18.3 Å². The lowest BCUT2D eigenvalue weighted by molar-refractivity contribution is -0.230. The van der Waals surface area contributed by atoms with E-state index in [0.717, 1.165) is 17.2 Å². The van der Waals surface area contributed by atoms with E-state index in [1.54, 1.807) is 60.7 Å². The number of nitrogens with zero attached hydrogens (tertiary/aromatic N) is 2. The van der Waals surface area contributed by atoms with E-state index in [1.807, 2.05) is 0 Å². The number of aryl methyl sites for hydroxylation is 1. The third-order valence-electron chi connectivity index (χ3n) is 5.71. The highest BCUT2D eigenvalue weighted by Crippen LogP contribution is 2.43. The molecule has 1 aliphatic rings. The standard InChI is InChI=1S/C26H20F6N2O2/c27-25(28,29)20-14-11-17(12-15-20)13-16-21-33-22(18-7-3-1-4-8-18)23(19-9-5-2-6-10-19)34(21)36-24(35)26(30,31)32/h1-12,14-15,22-23H,13,16H2. The smallest absolute Gasteiger partial charge is 0.330 e. The van der Waals surface area contributed by atoms with Crippen LogP contribution >= 0.6 is 0 Å². The lowest BCUT2D eigenvalue weighted by Gasteiger charge is -2.29. The molecule has 1 heterocycles. The Hall–Kier alpha value is -3.82. The molecule has 0 N–H and O–H groups in total. The maximum atomic E-state index is 13.1. The van der Waals surface area contributed by atoms with Crippen molar-refractivity contribution in [2.45, 2.75) is 37.3 Å². The Balaban J connectivity index is 1.67. The topological polar surface area (TPSA) is 41.9 Å². The van der Waals surface area contributed by atoms with Crippen LogP contribution in [-0.2, 0) is 22.2 Å². The van der Waals surface area contributed by atoms with E-state index in [0.29, 0.717) is 16.7 Å². The number of aliphatic imine (C=N–C) groups is 1. The maximum absolute atomic E-state index is 13.1. The Morgan fingerprint density at radius 2 is 1.33 bits per heavy atom. The Morgan fingerprint density at radius 3 is 1.86 bits per heavy atom. The molecule has 0 spiro atoms. The van der Waals surface area contributed by atoms with E-state index < -0.39 is 36.0 Å². The lowest BCUT2D eigenvalue weighted by Crippen LogP contribution is -2.39. The molecule has 3 aromatic rings. The molecule has 0 amide bonds. The monoisotopic (exact) mass is 506 g/mol. The summed E-state index contributed by atoms with van der Waals surface area (Å²) in [5, 5.41) is 0.882. The minimum Gasteiger partial charge on any atom is -0.330 e. The van der Waals surface area contributed by atoms with Crippen LogP contribution in [0.3, 0.4) is 0 Å². The van der Waals surface area contributed by atoms with Gasteiger partial charge in [0.25, 0.3) is 0 Å². The predicted octanol–water partition coefficient (Wildman–Crippen LogP) is 6.86. The van der Waals surface area contributed by atoms with Crippen molar-refractivity contribution in [3.8, 4) is 0 Å². The van der Waals surface area contributed by atoms with Gasteiger partial charge < -0.3 is 4.84 Å². The highest BCUT2D eigenvalue weighted by Gasteiger charge is 2.47. The van der Waals surface area contributed by atoms with Crippen LogP contribution in [0.25, 0.3) is 0 Å². The number of hydrogen-bond donors (Lipinski definition) is 0. The first-order chi connectivity index (χ1) is 17.0. The molecule has 188 valence electrons. The summed E-state index contributed by atoms with van der Waals surface area (Å²) in [6.45, 7) is 0. The molecule has 36 heavy (non-hydrogen) atoms. The molecule has 0 bridgehead atoms. The second kappa shape index (κ2) is 10.0. The molecular formula is C26H20F6N2O2. The Bertz CT molecular complexity index is 1210. The summed E-state index contributed by atoms with van der Waals surface area (Å²) in [7, 11) is 0. The van der Waals surface area contributed by atoms with Crippen molar-refractivity contribution >= 4 is 11.8 Å². The first-order valence-corrected chi connectivity index (χ1v) is 10.9. The van der Waals surface area contributed by atoms with Crippen LogP contribution in [0, 0.1) is 0 Å². The summed E-state index contributed by atoms with van der Waals surface area (Å²) >= 11 is 0. The SMILES string of the molecule is O=C(ON1C(CCc2ccc(C(F)(F)F)cc2)=NC(c2ccccc2)C1c1ccccc1)C(F)(F)F. The summed E-state index contributed by atoms with van der Waals surface area (Å²) in [4.78, 5) is 21.3. The van der Waals surface area contributed by atoms with Gasteiger partial charge in [0.1, 0.15) is 17.9 Å². The highest BCUT2D eigenvalue weighted by molar-refractivity contribution is 5.86. The fourth-order valence-electron chi connectivity index (χ4n) is 3.99. The summed E-state index contributed by atoms with van der Waals surface area (Å²) in [5.74, 6) is -2.31. The molecule has 1 aliphatic heterocycles. The average Bonchev–Trinajstić information content (AvgIpc) is 3.21. The third kappa shape index (κ3) is 5.69. The van der Waals surface area contributed by atoms with Crippen LogP contribution in [0.15, 0.2) is 89.9 Å². The molecule has 0 saturated heterocycles. The Kier molecular flexibility index (Phi) is 7.05. The van der Waals surface area contributed by atoms with E-state index in [2.05, 4.69) is 4.99 Å². The van der Waals surface area contributed by atoms with Gasteiger partial charge in [-0.15, -0.1) is 0 Å². The van der Waals surface area contributed by atoms with Gasteiger partial charge in [0.15, 0.2) is 0 Å².